The summed E-state index contributed by atoms with van der Waals surface area (Å²) < 4.78 is 54.6. The van der Waals surface area contributed by atoms with E-state index in [0.29, 0.717) is 29.7 Å². The number of carbonyl (C=O) groups excluding carboxylic acids is 1. The molecule has 3 N–H and O–H groups in total. The first-order chi connectivity index (χ1) is 23.1. The van der Waals surface area contributed by atoms with E-state index in [4.69, 9.17) is 4.98 Å². The number of aryl methyl sites for hydroxylation is 1. The molecule has 5 aromatic carbocycles. The topological polar surface area (TPSA) is 78.9 Å². The second-order valence-electron chi connectivity index (χ2n) is 11.1. The maximum absolute atomic E-state index is 14.2. The van der Waals surface area contributed by atoms with E-state index < -0.39 is 29.3 Å². The van der Waals surface area contributed by atoms with Crippen molar-refractivity contribution in [3.05, 3.63) is 132 Å². The number of benzene rings is 5. The van der Waals surface area contributed by atoms with Gasteiger partial charge < -0.3 is 16.0 Å². The number of amides is 2. The molecule has 0 aliphatic carbocycles. The van der Waals surface area contributed by atoms with Crippen LogP contribution in [0.25, 0.3) is 42.7 Å². The predicted octanol–water partition coefficient (Wildman–Crippen LogP) is 11.0. The number of urea groups is 1. The first kappa shape index (κ1) is 30.8. The molecule has 11 heteroatoms. The van der Waals surface area contributed by atoms with E-state index in [1.807, 2.05) is 60.7 Å². The molecule has 6 nitrogen and oxygen atoms in total. The summed E-state index contributed by atoms with van der Waals surface area (Å²) in [6, 6.07) is 29.9. The van der Waals surface area contributed by atoms with Crippen molar-refractivity contribution in [1.82, 2.24) is 9.97 Å². The Balaban J connectivity index is 1.10. The summed E-state index contributed by atoms with van der Waals surface area (Å²) in [6.45, 7) is 2.07. The van der Waals surface area contributed by atoms with Crippen molar-refractivity contribution in [3.8, 4) is 21.7 Å². The van der Waals surface area contributed by atoms with Crippen LogP contribution in [0.15, 0.2) is 115 Å². The van der Waals surface area contributed by atoms with Gasteiger partial charge in [-0.2, -0.15) is 13.2 Å². The molecule has 0 atom stereocenters. The van der Waals surface area contributed by atoms with Gasteiger partial charge in [0, 0.05) is 28.5 Å². The smallest absolute Gasteiger partial charge is 0.340 e. The van der Waals surface area contributed by atoms with E-state index in [0.717, 1.165) is 48.4 Å². The van der Waals surface area contributed by atoms with Crippen molar-refractivity contribution in [2.75, 3.05) is 16.0 Å². The zero-order valence-electron chi connectivity index (χ0n) is 25.2. The number of hydrogen-bond donors (Lipinski definition) is 3. The largest absolute Gasteiger partial charge is 0.416 e. The third-order valence-electron chi connectivity index (χ3n) is 7.72. The van der Waals surface area contributed by atoms with Gasteiger partial charge in [-0.15, -0.1) is 11.3 Å². The summed E-state index contributed by atoms with van der Waals surface area (Å²) in [6.07, 6.45) is -2.97. The minimum atomic E-state index is -4.68. The van der Waals surface area contributed by atoms with Gasteiger partial charge in [0.2, 0.25) is 0 Å². The van der Waals surface area contributed by atoms with E-state index in [9.17, 15) is 22.4 Å². The third-order valence-corrected chi connectivity index (χ3v) is 8.79. The molecule has 48 heavy (non-hydrogen) atoms. The van der Waals surface area contributed by atoms with Gasteiger partial charge in [0.15, 0.2) is 0 Å². The van der Waals surface area contributed by atoms with Gasteiger partial charge in [-0.05, 0) is 102 Å². The van der Waals surface area contributed by atoms with Crippen molar-refractivity contribution in [3.63, 3.8) is 0 Å². The first-order valence-electron chi connectivity index (χ1n) is 14.8. The maximum atomic E-state index is 14.2. The van der Waals surface area contributed by atoms with Crippen LogP contribution in [0, 0.1) is 12.7 Å². The van der Waals surface area contributed by atoms with Gasteiger partial charge in [0.25, 0.3) is 0 Å². The highest BCUT2D eigenvalue weighted by Crippen LogP contribution is 2.36. The van der Waals surface area contributed by atoms with Crippen molar-refractivity contribution < 1.29 is 22.4 Å². The van der Waals surface area contributed by atoms with Crippen LogP contribution in [0.3, 0.4) is 0 Å². The Morgan fingerprint density at radius 1 is 0.771 bits per heavy atom. The van der Waals surface area contributed by atoms with Crippen molar-refractivity contribution in [2.45, 2.75) is 13.1 Å². The van der Waals surface area contributed by atoms with Gasteiger partial charge in [-0.3, -0.25) is 0 Å². The average molecular weight is 664 g/mol. The van der Waals surface area contributed by atoms with Crippen LogP contribution in [0.4, 0.5) is 45.2 Å². The normalized spacial score (nSPS) is 11.5. The molecule has 2 heterocycles. The van der Waals surface area contributed by atoms with E-state index in [1.165, 1.54) is 5.56 Å². The zero-order chi connectivity index (χ0) is 33.4. The molecule has 0 spiro atoms. The fraction of sp³-hybridized carbons (Fsp3) is 0.0541. The molecule has 0 fully saturated rings. The molecule has 7 rings (SSSR count). The number of nitrogens with one attached hydrogen (secondary N) is 3. The monoisotopic (exact) mass is 663 g/mol. The van der Waals surface area contributed by atoms with Gasteiger partial charge in [-0.25, -0.2) is 19.2 Å². The lowest BCUT2D eigenvalue weighted by Gasteiger charge is -2.14. The molecule has 0 radical (unpaired) electrons. The minimum absolute atomic E-state index is 0.366. The molecule has 0 aliphatic heterocycles. The number of aromatic nitrogens is 2. The Hall–Kier alpha value is -5.81. The summed E-state index contributed by atoms with van der Waals surface area (Å²) in [5.74, 6) is -0.325. The number of alkyl halides is 3. The highest BCUT2D eigenvalue weighted by atomic mass is 32.1. The fourth-order valence-electron chi connectivity index (χ4n) is 5.39. The predicted molar refractivity (Wildman–Crippen MR) is 184 cm³/mol. The minimum Gasteiger partial charge on any atom is -0.340 e. The maximum Gasteiger partial charge on any atom is 0.416 e. The third kappa shape index (κ3) is 6.40. The second kappa shape index (κ2) is 12.4. The molecule has 0 aliphatic rings. The second-order valence-corrected chi connectivity index (χ2v) is 12.1. The number of carbonyl (C=O) groups is 1. The van der Waals surface area contributed by atoms with Gasteiger partial charge in [0.05, 0.1) is 21.5 Å². The van der Waals surface area contributed by atoms with Crippen molar-refractivity contribution in [2.24, 2.45) is 0 Å². The lowest BCUT2D eigenvalue weighted by molar-refractivity contribution is -0.137. The molecule has 2 aromatic heterocycles. The van der Waals surface area contributed by atoms with Crippen LogP contribution in [0.5, 0.6) is 0 Å². The number of hydrogen-bond acceptors (Lipinski definition) is 5. The molecule has 0 bridgehead atoms. The molecule has 7 aromatic rings. The van der Waals surface area contributed by atoms with Crippen LogP contribution in [0.1, 0.15) is 11.1 Å². The van der Waals surface area contributed by atoms with Gasteiger partial charge in [-0.1, -0.05) is 36.4 Å². The Labute approximate surface area is 276 Å². The summed E-state index contributed by atoms with van der Waals surface area (Å²) in [7, 11) is 0. The van der Waals surface area contributed by atoms with Crippen molar-refractivity contribution in [1.29, 1.82) is 0 Å². The Morgan fingerprint density at radius 3 is 2.40 bits per heavy atom. The Kier molecular flexibility index (Phi) is 7.98. The highest BCUT2D eigenvalue weighted by Gasteiger charge is 2.31. The van der Waals surface area contributed by atoms with E-state index in [-0.39, 0.29) is 0 Å². The lowest BCUT2D eigenvalue weighted by Crippen LogP contribution is -2.20. The quantitative estimate of drug-likeness (QED) is 0.155. The van der Waals surface area contributed by atoms with Gasteiger partial charge in [0.1, 0.15) is 16.6 Å². The fourth-order valence-corrected chi connectivity index (χ4v) is 6.46. The SMILES string of the molecule is Cc1ccc2nc(-c3ccc(Nc4nccc5c(-c6cccc(NC(=O)Nc7cc(C(F)(F)F)ccc7F)c6)cccc45)cc3)sc2c1. The van der Waals surface area contributed by atoms with Crippen molar-refractivity contribution >= 4 is 61.2 Å². The van der Waals surface area contributed by atoms with E-state index in [2.05, 4.69) is 40.0 Å². The molecular weight excluding hydrogens is 638 g/mol. The number of rotatable bonds is 6. The number of pyridine rings is 1. The van der Waals surface area contributed by atoms with Crippen LogP contribution in [0.2, 0.25) is 0 Å². The number of thiazole rings is 1. The molecule has 2 amide bonds. The van der Waals surface area contributed by atoms with E-state index in [1.54, 1.807) is 35.7 Å². The molecule has 0 saturated heterocycles. The summed E-state index contributed by atoms with van der Waals surface area (Å²) in [4.78, 5) is 22.0. The number of fused-ring (bicyclic) bond motifs is 2. The number of anilines is 4. The number of halogens is 4. The van der Waals surface area contributed by atoms with Crippen LogP contribution in [-0.2, 0) is 6.18 Å². The highest BCUT2D eigenvalue weighted by molar-refractivity contribution is 7.21. The molecule has 238 valence electrons. The van der Waals surface area contributed by atoms with Gasteiger partial charge >= 0.3 is 12.2 Å². The standard InChI is InChI=1S/C37H25F4N5OS/c1-21-8-15-31-33(18-21)48-35(45-31)22-9-12-25(13-10-22)43-34-29-7-3-6-27(28(29)16-17-42-34)23-4-2-5-26(19-23)44-36(47)46-32-20-24(37(39,40)41)11-14-30(32)38/h2-20H,1H3,(H,42,43)(H2,44,46,47). The summed E-state index contributed by atoms with van der Waals surface area (Å²) >= 11 is 1.66. The number of nitrogens with zero attached hydrogens (tertiary/aromatic N) is 2. The lowest BCUT2D eigenvalue weighted by atomic mass is 9.98. The first-order valence-corrected chi connectivity index (χ1v) is 15.6. The summed E-state index contributed by atoms with van der Waals surface area (Å²) in [5, 5.41) is 10.9. The van der Waals surface area contributed by atoms with Crippen LogP contribution < -0.4 is 16.0 Å². The molecular formula is C37H25F4N5OS. The Morgan fingerprint density at radius 2 is 1.58 bits per heavy atom. The summed E-state index contributed by atoms with van der Waals surface area (Å²) in [5.41, 5.74) is 4.41. The van der Waals surface area contributed by atoms with Crippen LogP contribution in [-0.4, -0.2) is 16.0 Å². The van der Waals surface area contributed by atoms with Crippen LogP contribution >= 0.6 is 11.3 Å². The zero-order valence-corrected chi connectivity index (χ0v) is 26.0. The molecule has 0 unspecified atom stereocenters. The van der Waals surface area contributed by atoms with E-state index >= 15 is 0 Å². The molecule has 0 saturated carbocycles. The Bertz CT molecular complexity index is 2320. The average Bonchev–Trinajstić information content (AvgIpc) is 3.49.